The second-order valence-electron chi connectivity index (χ2n) is 12.8. The van der Waals surface area contributed by atoms with E-state index in [1.54, 1.807) is 11.3 Å². The lowest BCUT2D eigenvalue weighted by atomic mass is 9.84. The van der Waals surface area contributed by atoms with Crippen LogP contribution in [0.5, 0.6) is 0 Å². The molecule has 1 heterocycles. The van der Waals surface area contributed by atoms with Gasteiger partial charge in [-0.2, -0.15) is 0 Å². The number of thiophene rings is 1. The third-order valence-corrected chi connectivity index (χ3v) is 20.0. The molecule has 0 bridgehead atoms. The van der Waals surface area contributed by atoms with Crippen LogP contribution < -0.4 is 0 Å². The van der Waals surface area contributed by atoms with Gasteiger partial charge in [-0.1, -0.05) is 69.2 Å². The molecule has 1 saturated carbocycles. The van der Waals surface area contributed by atoms with E-state index in [-0.39, 0.29) is 11.1 Å². The van der Waals surface area contributed by atoms with E-state index in [9.17, 15) is 5.11 Å². The van der Waals surface area contributed by atoms with Crippen LogP contribution in [-0.4, -0.2) is 27.8 Å². The predicted octanol–water partition coefficient (Wildman–Crippen LogP) is 8.84. The Hall–Kier alpha value is 0.0138. The Labute approximate surface area is 210 Å². The van der Waals surface area contributed by atoms with Crippen molar-refractivity contribution < 1.29 is 14.0 Å². The van der Waals surface area contributed by atoms with Crippen LogP contribution in [0, 0.1) is 5.92 Å². The van der Waals surface area contributed by atoms with Gasteiger partial charge in [-0.25, -0.2) is 0 Å². The van der Waals surface area contributed by atoms with Crippen LogP contribution in [0.25, 0.3) is 0 Å². The van der Waals surface area contributed by atoms with Crippen LogP contribution >= 0.6 is 11.3 Å². The first-order valence-electron chi connectivity index (χ1n) is 13.2. The van der Waals surface area contributed by atoms with Gasteiger partial charge in [-0.15, -0.1) is 11.3 Å². The molecule has 2 rings (SSSR count). The molecule has 2 unspecified atom stereocenters. The Kier molecular flexibility index (Phi) is 9.35. The van der Waals surface area contributed by atoms with Crippen molar-refractivity contribution in [1.29, 1.82) is 0 Å². The quantitative estimate of drug-likeness (QED) is 0.284. The monoisotopic (exact) mass is 512 g/mol. The third kappa shape index (κ3) is 5.88. The number of aliphatic hydroxyl groups is 1. The molecule has 0 radical (unpaired) electrons. The normalized spacial score (nSPS) is 18.9. The standard InChI is InChI=1S/C27H52O3SSi2/c1-13-25(30-32(11,12)26(8,9)10)27(28,22-14-15-22)23-16-24(31-18-23)17-29-33(19(2)3,20(4)5)21(6)7/h16,18-22,25,28H,13-15,17H2,1-12H3. The summed E-state index contributed by atoms with van der Waals surface area (Å²) in [5.74, 6) is 0.297. The molecule has 1 fully saturated rings. The summed E-state index contributed by atoms with van der Waals surface area (Å²) in [7, 11) is -3.91. The zero-order chi connectivity index (χ0) is 25.4. The Morgan fingerprint density at radius 3 is 1.94 bits per heavy atom. The molecule has 0 amide bonds. The average Bonchev–Trinajstić information content (AvgIpc) is 3.43. The lowest BCUT2D eigenvalue weighted by Crippen LogP contribution is -2.51. The molecule has 33 heavy (non-hydrogen) atoms. The van der Waals surface area contributed by atoms with Gasteiger partial charge in [-0.05, 0) is 76.9 Å². The summed E-state index contributed by atoms with van der Waals surface area (Å²) in [6, 6.07) is 2.22. The smallest absolute Gasteiger partial charge is 0.200 e. The highest BCUT2D eigenvalue weighted by Crippen LogP contribution is 2.52. The van der Waals surface area contributed by atoms with E-state index in [4.69, 9.17) is 8.85 Å². The van der Waals surface area contributed by atoms with Crippen molar-refractivity contribution in [3.63, 3.8) is 0 Å². The lowest BCUT2D eigenvalue weighted by Gasteiger charge is -2.44. The maximum atomic E-state index is 12.2. The molecule has 0 spiro atoms. The Balaban J connectivity index is 2.31. The van der Waals surface area contributed by atoms with Crippen LogP contribution in [0.1, 0.15) is 98.9 Å². The molecule has 0 saturated heterocycles. The van der Waals surface area contributed by atoms with Crippen molar-refractivity contribution in [3.05, 3.63) is 21.9 Å². The van der Waals surface area contributed by atoms with Gasteiger partial charge < -0.3 is 14.0 Å². The molecule has 1 aromatic heterocycles. The predicted molar refractivity (Wildman–Crippen MR) is 149 cm³/mol. The van der Waals surface area contributed by atoms with Gasteiger partial charge in [0.25, 0.3) is 0 Å². The van der Waals surface area contributed by atoms with Gasteiger partial charge in [-0.3, -0.25) is 0 Å². The van der Waals surface area contributed by atoms with E-state index >= 15 is 0 Å². The first kappa shape index (κ1) is 29.2. The van der Waals surface area contributed by atoms with Gasteiger partial charge in [0.05, 0.1) is 12.7 Å². The zero-order valence-corrected chi connectivity index (χ0v) is 26.4. The SMILES string of the molecule is CCC(O[Si](C)(C)C(C)(C)C)C(O)(c1csc(CO[Si](C(C)C)(C(C)C)C(C)C)c1)C1CC1. The molecule has 6 heteroatoms. The van der Waals surface area contributed by atoms with Crippen molar-refractivity contribution in [3.8, 4) is 0 Å². The highest BCUT2D eigenvalue weighted by molar-refractivity contribution is 7.10. The molecule has 1 aliphatic carbocycles. The summed E-state index contributed by atoms with van der Waals surface area (Å²) < 4.78 is 13.7. The van der Waals surface area contributed by atoms with E-state index in [0.29, 0.717) is 29.1 Å². The molecule has 3 nitrogen and oxygen atoms in total. The fourth-order valence-corrected chi connectivity index (χ4v) is 13.4. The van der Waals surface area contributed by atoms with Crippen molar-refractivity contribution in [1.82, 2.24) is 0 Å². The summed E-state index contributed by atoms with van der Waals surface area (Å²) in [6.45, 7) is 28.2. The second kappa shape index (κ2) is 10.6. The largest absolute Gasteiger partial charge is 0.411 e. The minimum absolute atomic E-state index is 0.122. The molecule has 1 aliphatic rings. The Morgan fingerprint density at radius 2 is 1.55 bits per heavy atom. The summed E-state index contributed by atoms with van der Waals surface area (Å²) in [5.41, 5.74) is 1.86. The molecule has 192 valence electrons. The van der Waals surface area contributed by atoms with Crippen molar-refractivity contribution in [2.75, 3.05) is 0 Å². The minimum Gasteiger partial charge on any atom is -0.411 e. The van der Waals surface area contributed by atoms with E-state index in [1.165, 1.54) is 4.88 Å². The molecule has 1 aromatic rings. The van der Waals surface area contributed by atoms with Crippen molar-refractivity contribution >= 4 is 28.0 Å². The van der Waals surface area contributed by atoms with Crippen molar-refractivity contribution in [2.45, 2.75) is 142 Å². The summed E-state index contributed by atoms with van der Waals surface area (Å²) >= 11 is 1.74. The maximum absolute atomic E-state index is 12.2. The topological polar surface area (TPSA) is 38.7 Å². The van der Waals surface area contributed by atoms with Crippen LogP contribution in [-0.2, 0) is 21.1 Å². The molecule has 1 N–H and O–H groups in total. The fourth-order valence-electron chi connectivity index (χ4n) is 5.59. The highest BCUT2D eigenvalue weighted by Gasteiger charge is 2.53. The Bertz CT molecular complexity index is 740. The van der Waals surface area contributed by atoms with Crippen LogP contribution in [0.4, 0.5) is 0 Å². The summed E-state index contributed by atoms with van der Waals surface area (Å²) in [5, 5.41) is 14.5. The Morgan fingerprint density at radius 1 is 1.03 bits per heavy atom. The zero-order valence-electron chi connectivity index (χ0n) is 23.5. The van der Waals surface area contributed by atoms with Gasteiger partial charge in [0.2, 0.25) is 8.32 Å². The maximum Gasteiger partial charge on any atom is 0.200 e. The summed E-state index contributed by atoms with van der Waals surface area (Å²) in [6.07, 6.45) is 2.83. The number of hydrogen-bond donors (Lipinski definition) is 1. The van der Waals surface area contributed by atoms with Gasteiger partial charge in [0.15, 0.2) is 8.32 Å². The second-order valence-corrected chi connectivity index (χ2v) is 24.0. The van der Waals surface area contributed by atoms with Gasteiger partial charge in [0.1, 0.15) is 5.60 Å². The first-order chi connectivity index (χ1) is 15.0. The van der Waals surface area contributed by atoms with E-state index in [1.807, 2.05) is 0 Å². The van der Waals surface area contributed by atoms with E-state index < -0.39 is 22.2 Å². The minimum atomic E-state index is -2.00. The molecule has 0 aliphatic heterocycles. The van der Waals surface area contributed by atoms with Crippen molar-refractivity contribution in [2.24, 2.45) is 5.92 Å². The fraction of sp³-hybridized carbons (Fsp3) is 0.852. The molecule has 0 aromatic carbocycles. The van der Waals surface area contributed by atoms with Crippen LogP contribution in [0.2, 0.25) is 34.8 Å². The average molecular weight is 513 g/mol. The lowest BCUT2D eigenvalue weighted by molar-refractivity contribution is -0.0910. The first-order valence-corrected chi connectivity index (χ1v) is 19.1. The molecular formula is C27H52O3SSi2. The van der Waals surface area contributed by atoms with Gasteiger partial charge >= 0.3 is 0 Å². The molecular weight excluding hydrogens is 461 g/mol. The van der Waals surface area contributed by atoms with Gasteiger partial charge in [0, 0.05) is 4.88 Å². The van der Waals surface area contributed by atoms with Crippen LogP contribution in [0.3, 0.4) is 0 Å². The number of rotatable bonds is 12. The third-order valence-electron chi connectivity index (χ3n) is 8.59. The number of hydrogen-bond acceptors (Lipinski definition) is 4. The highest BCUT2D eigenvalue weighted by atomic mass is 32.1. The van der Waals surface area contributed by atoms with E-state index in [2.05, 4.69) is 93.8 Å². The van der Waals surface area contributed by atoms with Crippen LogP contribution in [0.15, 0.2) is 11.4 Å². The summed E-state index contributed by atoms with van der Waals surface area (Å²) in [4.78, 5) is 1.23. The van der Waals surface area contributed by atoms with E-state index in [0.717, 1.165) is 24.8 Å². The molecule has 2 atom stereocenters.